The number of aromatic hydroxyl groups is 1. The molecular formula is C10H9NO2S. The monoisotopic (exact) mass is 207 g/mol. The van der Waals surface area contributed by atoms with Crippen LogP contribution < -0.4 is 0 Å². The second-order valence-electron chi connectivity index (χ2n) is 2.80. The molecule has 3 nitrogen and oxygen atoms in total. The third kappa shape index (κ3) is 1.62. The lowest BCUT2D eigenvalue weighted by molar-refractivity contribution is 0.281. The van der Waals surface area contributed by atoms with Crippen LogP contribution in [0.1, 0.15) is 5.01 Å². The van der Waals surface area contributed by atoms with Gasteiger partial charge in [0.05, 0.1) is 12.3 Å². The van der Waals surface area contributed by atoms with Crippen molar-refractivity contribution < 1.29 is 10.2 Å². The summed E-state index contributed by atoms with van der Waals surface area (Å²) < 4.78 is 0. The Bertz CT molecular complexity index is 439. The first-order valence-corrected chi connectivity index (χ1v) is 5.03. The van der Waals surface area contributed by atoms with Crippen LogP contribution in [0.3, 0.4) is 0 Å². The molecule has 1 heterocycles. The summed E-state index contributed by atoms with van der Waals surface area (Å²) >= 11 is 1.38. The highest BCUT2D eigenvalue weighted by Gasteiger charge is 2.06. The van der Waals surface area contributed by atoms with Crippen molar-refractivity contribution in [1.82, 2.24) is 4.98 Å². The first-order chi connectivity index (χ1) is 6.81. The number of hydrogen-bond donors (Lipinski definition) is 2. The van der Waals surface area contributed by atoms with Gasteiger partial charge in [0.25, 0.3) is 0 Å². The molecule has 0 spiro atoms. The average Bonchev–Trinajstić information content (AvgIpc) is 2.67. The second kappa shape index (κ2) is 3.77. The normalized spacial score (nSPS) is 10.4. The Morgan fingerprint density at radius 1 is 1.29 bits per heavy atom. The number of benzene rings is 1. The molecule has 2 aromatic rings. The molecule has 0 saturated carbocycles. The molecule has 0 aliphatic heterocycles. The molecule has 0 bridgehead atoms. The van der Waals surface area contributed by atoms with Gasteiger partial charge < -0.3 is 10.2 Å². The average molecular weight is 207 g/mol. The van der Waals surface area contributed by atoms with E-state index in [1.165, 1.54) is 11.3 Å². The highest BCUT2D eigenvalue weighted by Crippen LogP contribution is 2.29. The highest BCUT2D eigenvalue weighted by atomic mass is 32.1. The molecular weight excluding hydrogens is 198 g/mol. The van der Waals surface area contributed by atoms with Gasteiger partial charge in [0.2, 0.25) is 0 Å². The van der Waals surface area contributed by atoms with Crippen molar-refractivity contribution in [2.45, 2.75) is 6.61 Å². The Morgan fingerprint density at radius 3 is 2.71 bits per heavy atom. The fourth-order valence-corrected chi connectivity index (χ4v) is 1.85. The molecule has 0 aliphatic carbocycles. The van der Waals surface area contributed by atoms with Crippen molar-refractivity contribution in [3.8, 4) is 17.0 Å². The molecule has 0 saturated heterocycles. The molecule has 1 aromatic heterocycles. The van der Waals surface area contributed by atoms with Crippen molar-refractivity contribution in [2.24, 2.45) is 0 Å². The summed E-state index contributed by atoms with van der Waals surface area (Å²) in [4.78, 5) is 4.17. The van der Waals surface area contributed by atoms with E-state index >= 15 is 0 Å². The standard InChI is InChI=1S/C10H9NO2S/c12-5-10-11-8(6-14-10)7-3-1-2-4-9(7)13/h1-4,6,12-13H,5H2. The lowest BCUT2D eigenvalue weighted by Crippen LogP contribution is -1.82. The Balaban J connectivity index is 2.44. The van der Waals surface area contributed by atoms with Gasteiger partial charge in [-0.25, -0.2) is 4.98 Å². The zero-order chi connectivity index (χ0) is 9.97. The van der Waals surface area contributed by atoms with Crippen LogP contribution in [0.2, 0.25) is 0 Å². The van der Waals surface area contributed by atoms with Gasteiger partial charge in [-0.3, -0.25) is 0 Å². The number of thiazole rings is 1. The van der Waals surface area contributed by atoms with Gasteiger partial charge in [0, 0.05) is 10.9 Å². The molecule has 0 amide bonds. The third-order valence-corrected chi connectivity index (χ3v) is 2.70. The third-order valence-electron chi connectivity index (χ3n) is 1.87. The number of para-hydroxylation sites is 1. The predicted molar refractivity (Wildman–Crippen MR) is 55.1 cm³/mol. The van der Waals surface area contributed by atoms with E-state index in [0.717, 1.165) is 0 Å². The number of phenolic OH excluding ortho intramolecular Hbond substituents is 1. The van der Waals surface area contributed by atoms with Crippen LogP contribution in [0.4, 0.5) is 0 Å². The molecule has 2 N–H and O–H groups in total. The molecule has 0 aliphatic rings. The van der Waals surface area contributed by atoms with Crippen LogP contribution in [0.15, 0.2) is 29.6 Å². The number of nitrogens with zero attached hydrogens (tertiary/aromatic N) is 1. The quantitative estimate of drug-likeness (QED) is 0.792. The number of rotatable bonds is 2. The first kappa shape index (κ1) is 9.18. The summed E-state index contributed by atoms with van der Waals surface area (Å²) in [5, 5.41) is 20.9. The van der Waals surface area contributed by atoms with Gasteiger partial charge in [-0.15, -0.1) is 11.3 Å². The summed E-state index contributed by atoms with van der Waals surface area (Å²) in [6.45, 7) is -0.0573. The van der Waals surface area contributed by atoms with Gasteiger partial charge >= 0.3 is 0 Å². The maximum Gasteiger partial charge on any atom is 0.125 e. The Hall–Kier alpha value is -1.39. The summed E-state index contributed by atoms with van der Waals surface area (Å²) in [5.41, 5.74) is 1.40. The lowest BCUT2D eigenvalue weighted by atomic mass is 10.1. The molecule has 0 atom stereocenters. The predicted octanol–water partition coefficient (Wildman–Crippen LogP) is 2.01. The van der Waals surface area contributed by atoms with E-state index in [4.69, 9.17) is 5.11 Å². The second-order valence-corrected chi connectivity index (χ2v) is 3.74. The molecule has 4 heteroatoms. The van der Waals surface area contributed by atoms with Crippen molar-refractivity contribution >= 4 is 11.3 Å². The van der Waals surface area contributed by atoms with E-state index in [9.17, 15) is 5.11 Å². The van der Waals surface area contributed by atoms with Crippen molar-refractivity contribution in [3.63, 3.8) is 0 Å². The smallest absolute Gasteiger partial charge is 0.125 e. The molecule has 72 valence electrons. The van der Waals surface area contributed by atoms with Crippen LogP contribution in [0, 0.1) is 0 Å². The molecule has 0 fully saturated rings. The van der Waals surface area contributed by atoms with Crippen LogP contribution in [0.25, 0.3) is 11.3 Å². The maximum absolute atomic E-state index is 9.55. The van der Waals surface area contributed by atoms with Crippen LogP contribution in [-0.2, 0) is 6.61 Å². The minimum Gasteiger partial charge on any atom is -0.507 e. The maximum atomic E-state index is 9.55. The summed E-state index contributed by atoms with van der Waals surface area (Å²) in [7, 11) is 0. The fourth-order valence-electron chi connectivity index (χ4n) is 1.20. The highest BCUT2D eigenvalue weighted by molar-refractivity contribution is 7.09. The van der Waals surface area contributed by atoms with Gasteiger partial charge in [-0.1, -0.05) is 12.1 Å². The van der Waals surface area contributed by atoms with Gasteiger partial charge in [-0.05, 0) is 12.1 Å². The first-order valence-electron chi connectivity index (χ1n) is 4.15. The lowest BCUT2D eigenvalue weighted by Gasteiger charge is -1.98. The van der Waals surface area contributed by atoms with Crippen molar-refractivity contribution in [2.75, 3.05) is 0 Å². The minimum absolute atomic E-state index is 0.0573. The Labute approximate surface area is 85.3 Å². The topological polar surface area (TPSA) is 53.4 Å². The Morgan fingerprint density at radius 2 is 2.07 bits per heavy atom. The summed E-state index contributed by atoms with van der Waals surface area (Å²) in [6, 6.07) is 7.02. The number of phenols is 1. The van der Waals surface area contributed by atoms with Crippen molar-refractivity contribution in [1.29, 1.82) is 0 Å². The minimum atomic E-state index is -0.0573. The number of aliphatic hydroxyl groups excluding tert-OH is 1. The zero-order valence-corrected chi connectivity index (χ0v) is 8.16. The van der Waals surface area contributed by atoms with Gasteiger partial charge in [-0.2, -0.15) is 0 Å². The number of aliphatic hydroxyl groups is 1. The zero-order valence-electron chi connectivity index (χ0n) is 7.34. The van der Waals surface area contributed by atoms with E-state index in [-0.39, 0.29) is 12.4 Å². The van der Waals surface area contributed by atoms with Crippen LogP contribution in [-0.4, -0.2) is 15.2 Å². The molecule has 0 radical (unpaired) electrons. The van der Waals surface area contributed by atoms with E-state index in [2.05, 4.69) is 4.98 Å². The van der Waals surface area contributed by atoms with E-state index in [1.54, 1.807) is 18.2 Å². The molecule has 2 rings (SSSR count). The van der Waals surface area contributed by atoms with E-state index < -0.39 is 0 Å². The fraction of sp³-hybridized carbons (Fsp3) is 0.100. The number of aromatic nitrogens is 1. The van der Waals surface area contributed by atoms with Crippen LogP contribution in [0.5, 0.6) is 5.75 Å². The summed E-state index contributed by atoms with van der Waals surface area (Å²) in [6.07, 6.45) is 0. The molecule has 14 heavy (non-hydrogen) atoms. The van der Waals surface area contributed by atoms with Gasteiger partial charge in [0.15, 0.2) is 0 Å². The molecule has 1 aromatic carbocycles. The van der Waals surface area contributed by atoms with Crippen molar-refractivity contribution in [3.05, 3.63) is 34.7 Å². The number of hydrogen-bond acceptors (Lipinski definition) is 4. The van der Waals surface area contributed by atoms with Crippen LogP contribution >= 0.6 is 11.3 Å². The summed E-state index contributed by atoms with van der Waals surface area (Å²) in [5.74, 6) is 0.210. The Kier molecular flexibility index (Phi) is 2.47. The largest absolute Gasteiger partial charge is 0.507 e. The SMILES string of the molecule is OCc1nc(-c2ccccc2O)cs1. The van der Waals surface area contributed by atoms with Gasteiger partial charge in [0.1, 0.15) is 10.8 Å². The molecule has 0 unspecified atom stereocenters. The van der Waals surface area contributed by atoms with E-state index in [0.29, 0.717) is 16.3 Å². The van der Waals surface area contributed by atoms with E-state index in [1.807, 2.05) is 11.4 Å².